The number of benzene rings is 1. The Morgan fingerprint density at radius 3 is 2.53 bits per heavy atom. The monoisotopic (exact) mass is 257 g/mol. The number of aliphatic hydroxyl groups is 1. The molecule has 0 saturated carbocycles. The minimum atomic E-state index is -3.48. The van der Waals surface area contributed by atoms with Crippen LogP contribution in [0, 0.1) is 12.8 Å². The summed E-state index contributed by atoms with van der Waals surface area (Å²) < 4.78 is 26.6. The highest BCUT2D eigenvalue weighted by molar-refractivity contribution is 7.89. The van der Waals surface area contributed by atoms with Gasteiger partial charge in [0.05, 0.1) is 11.5 Å². The van der Waals surface area contributed by atoms with Gasteiger partial charge in [0.25, 0.3) is 0 Å². The van der Waals surface area contributed by atoms with Crippen LogP contribution in [0.3, 0.4) is 0 Å². The standard InChI is InChI=1S/C12H19NO3S/c1-9(2)7-13-17(15,16)12-6-4-5-11(8-14)10(12)3/h4-6,9,13-14H,7-8H2,1-3H3. The second kappa shape index (κ2) is 5.62. The van der Waals surface area contributed by atoms with Crippen LogP contribution >= 0.6 is 0 Å². The van der Waals surface area contributed by atoms with E-state index in [0.717, 1.165) is 0 Å². The number of nitrogens with one attached hydrogen (secondary N) is 1. The van der Waals surface area contributed by atoms with Crippen molar-refractivity contribution in [1.29, 1.82) is 0 Å². The topological polar surface area (TPSA) is 66.4 Å². The fourth-order valence-corrected chi connectivity index (χ4v) is 2.98. The lowest BCUT2D eigenvalue weighted by Crippen LogP contribution is -2.28. The van der Waals surface area contributed by atoms with E-state index in [1.54, 1.807) is 25.1 Å². The first-order valence-electron chi connectivity index (χ1n) is 5.57. The van der Waals surface area contributed by atoms with Crippen molar-refractivity contribution >= 4 is 10.0 Å². The lowest BCUT2D eigenvalue weighted by molar-refractivity contribution is 0.280. The molecule has 0 heterocycles. The Bertz CT molecular complexity index is 481. The van der Waals surface area contributed by atoms with Gasteiger partial charge in [-0.05, 0) is 30.0 Å². The zero-order chi connectivity index (χ0) is 13.1. The van der Waals surface area contributed by atoms with Crippen LogP contribution in [-0.2, 0) is 16.6 Å². The molecule has 0 bridgehead atoms. The van der Waals surface area contributed by atoms with E-state index in [0.29, 0.717) is 17.7 Å². The van der Waals surface area contributed by atoms with E-state index in [4.69, 9.17) is 5.11 Å². The number of aliphatic hydroxyl groups excluding tert-OH is 1. The van der Waals surface area contributed by atoms with Gasteiger partial charge >= 0.3 is 0 Å². The fourth-order valence-electron chi connectivity index (χ4n) is 1.48. The Labute approximate surface area is 103 Å². The molecule has 4 nitrogen and oxygen atoms in total. The molecule has 0 aliphatic heterocycles. The van der Waals surface area contributed by atoms with Crippen LogP contribution in [0.15, 0.2) is 23.1 Å². The molecule has 0 radical (unpaired) electrons. The number of hydrogen-bond donors (Lipinski definition) is 2. The molecule has 0 amide bonds. The molecule has 0 spiro atoms. The van der Waals surface area contributed by atoms with Crippen LogP contribution in [0.25, 0.3) is 0 Å². The van der Waals surface area contributed by atoms with Gasteiger partial charge in [-0.1, -0.05) is 26.0 Å². The van der Waals surface area contributed by atoms with Gasteiger partial charge in [0.2, 0.25) is 10.0 Å². The van der Waals surface area contributed by atoms with Crippen molar-refractivity contribution in [1.82, 2.24) is 4.72 Å². The summed E-state index contributed by atoms with van der Waals surface area (Å²) in [6.07, 6.45) is 0. The largest absolute Gasteiger partial charge is 0.392 e. The van der Waals surface area contributed by atoms with Crippen LogP contribution in [-0.4, -0.2) is 20.1 Å². The second-order valence-corrected chi connectivity index (χ2v) is 6.18. The molecule has 2 N–H and O–H groups in total. The van der Waals surface area contributed by atoms with Gasteiger partial charge in [0.1, 0.15) is 0 Å². The molecule has 0 saturated heterocycles. The summed E-state index contributed by atoms with van der Waals surface area (Å²) in [5.74, 6) is 0.256. The van der Waals surface area contributed by atoms with Crippen molar-refractivity contribution in [2.24, 2.45) is 5.92 Å². The van der Waals surface area contributed by atoms with Crippen molar-refractivity contribution in [3.05, 3.63) is 29.3 Å². The lowest BCUT2D eigenvalue weighted by Gasteiger charge is -2.12. The third-order valence-corrected chi connectivity index (χ3v) is 4.11. The molecule has 0 aliphatic rings. The molecule has 0 aromatic heterocycles. The molecule has 0 aliphatic carbocycles. The minimum absolute atomic E-state index is 0.153. The Morgan fingerprint density at radius 1 is 1.35 bits per heavy atom. The molecule has 0 unspecified atom stereocenters. The first-order valence-corrected chi connectivity index (χ1v) is 7.06. The average molecular weight is 257 g/mol. The first kappa shape index (κ1) is 14.2. The summed E-state index contributed by atoms with van der Waals surface area (Å²) in [5, 5.41) is 9.11. The highest BCUT2D eigenvalue weighted by Gasteiger charge is 2.17. The van der Waals surface area contributed by atoms with Crippen LogP contribution < -0.4 is 4.72 Å². The number of rotatable bonds is 5. The maximum absolute atomic E-state index is 12.0. The van der Waals surface area contributed by atoms with Gasteiger partial charge < -0.3 is 5.11 Å². The van der Waals surface area contributed by atoms with Gasteiger partial charge in [0, 0.05) is 6.54 Å². The van der Waals surface area contributed by atoms with Gasteiger partial charge in [-0.3, -0.25) is 0 Å². The third-order valence-electron chi connectivity index (χ3n) is 2.54. The van der Waals surface area contributed by atoms with Gasteiger partial charge in [0.15, 0.2) is 0 Å². The van der Waals surface area contributed by atoms with E-state index in [2.05, 4.69) is 4.72 Å². The molecule has 17 heavy (non-hydrogen) atoms. The Kier molecular flexibility index (Phi) is 4.68. The highest BCUT2D eigenvalue weighted by Crippen LogP contribution is 2.18. The summed E-state index contributed by atoms with van der Waals surface area (Å²) in [6, 6.07) is 4.91. The average Bonchev–Trinajstić information content (AvgIpc) is 2.26. The zero-order valence-corrected chi connectivity index (χ0v) is 11.2. The maximum atomic E-state index is 12.0. The molecule has 1 aromatic carbocycles. The van der Waals surface area contributed by atoms with Gasteiger partial charge in [-0.2, -0.15) is 0 Å². The summed E-state index contributed by atoms with van der Waals surface area (Å²) in [5.41, 5.74) is 1.24. The van der Waals surface area contributed by atoms with Crippen molar-refractivity contribution in [2.75, 3.05) is 6.54 Å². The molecule has 1 rings (SSSR count). The number of sulfonamides is 1. The summed E-state index contributed by atoms with van der Waals surface area (Å²) >= 11 is 0. The van der Waals surface area contributed by atoms with Crippen molar-refractivity contribution in [3.63, 3.8) is 0 Å². The summed E-state index contributed by atoms with van der Waals surface area (Å²) in [7, 11) is -3.48. The molecule has 1 aromatic rings. The van der Waals surface area contributed by atoms with Crippen molar-refractivity contribution < 1.29 is 13.5 Å². The maximum Gasteiger partial charge on any atom is 0.240 e. The van der Waals surface area contributed by atoms with Gasteiger partial charge in [-0.15, -0.1) is 0 Å². The number of hydrogen-bond acceptors (Lipinski definition) is 3. The van der Waals surface area contributed by atoms with Crippen molar-refractivity contribution in [3.8, 4) is 0 Å². The highest BCUT2D eigenvalue weighted by atomic mass is 32.2. The zero-order valence-electron chi connectivity index (χ0n) is 10.4. The predicted molar refractivity (Wildman–Crippen MR) is 67.1 cm³/mol. The predicted octanol–water partition coefficient (Wildman–Crippen LogP) is 1.42. The van der Waals surface area contributed by atoms with E-state index < -0.39 is 10.0 Å². The minimum Gasteiger partial charge on any atom is -0.392 e. The first-order chi connectivity index (χ1) is 7.88. The van der Waals surface area contributed by atoms with Gasteiger partial charge in [-0.25, -0.2) is 13.1 Å². The normalized spacial score (nSPS) is 12.1. The summed E-state index contributed by atoms with van der Waals surface area (Å²) in [6.45, 7) is 5.85. The van der Waals surface area contributed by atoms with Crippen LogP contribution in [0.4, 0.5) is 0 Å². The Balaban J connectivity index is 3.07. The fraction of sp³-hybridized carbons (Fsp3) is 0.500. The molecular weight excluding hydrogens is 238 g/mol. The molecule has 0 atom stereocenters. The van der Waals surface area contributed by atoms with Crippen LogP contribution in [0.5, 0.6) is 0 Å². The lowest BCUT2D eigenvalue weighted by atomic mass is 10.1. The summed E-state index contributed by atoms with van der Waals surface area (Å²) in [4.78, 5) is 0.240. The quantitative estimate of drug-likeness (QED) is 0.838. The van der Waals surface area contributed by atoms with Crippen LogP contribution in [0.1, 0.15) is 25.0 Å². The smallest absolute Gasteiger partial charge is 0.240 e. The second-order valence-electron chi connectivity index (χ2n) is 4.44. The molecular formula is C12H19NO3S. The molecule has 5 heteroatoms. The SMILES string of the molecule is Cc1c(CO)cccc1S(=O)(=O)NCC(C)C. The van der Waals surface area contributed by atoms with E-state index in [-0.39, 0.29) is 17.4 Å². The van der Waals surface area contributed by atoms with Crippen LogP contribution in [0.2, 0.25) is 0 Å². The molecule has 96 valence electrons. The van der Waals surface area contributed by atoms with E-state index >= 15 is 0 Å². The Morgan fingerprint density at radius 2 is 2.00 bits per heavy atom. The van der Waals surface area contributed by atoms with E-state index in [1.165, 1.54) is 0 Å². The van der Waals surface area contributed by atoms with E-state index in [9.17, 15) is 8.42 Å². The Hall–Kier alpha value is -0.910. The van der Waals surface area contributed by atoms with E-state index in [1.807, 2.05) is 13.8 Å². The molecule has 0 fully saturated rings. The third kappa shape index (κ3) is 3.52. The van der Waals surface area contributed by atoms with Crippen molar-refractivity contribution in [2.45, 2.75) is 32.3 Å².